The summed E-state index contributed by atoms with van der Waals surface area (Å²) in [4.78, 5) is 14.6. The standard InChI is InChI=1S/C38H40FN5O3/c1-4-29-21(2)5-6-23-12-27(45)14-30(33(23)29)32-22(3)11-31-35(34(32)39)41-37(42-36(31)43-15-24-7-8-25(16-43)40-24)47-20-38(9-10-38)19-44-17-28-13-26(44)18-46-28/h1,5-6,11-12,14,24-26,28,40,45H,7-10,13,15-20H2,2-3H3/t24?,25?,26-,28-/m0/s1. The van der Waals surface area contributed by atoms with Gasteiger partial charge in [0.05, 0.1) is 19.3 Å². The van der Waals surface area contributed by atoms with E-state index in [4.69, 9.17) is 25.9 Å². The highest BCUT2D eigenvalue weighted by atomic mass is 19.1. The van der Waals surface area contributed by atoms with E-state index >= 15 is 4.39 Å². The molecular formula is C38H40FN5O3. The van der Waals surface area contributed by atoms with E-state index in [1.807, 2.05) is 32.0 Å². The Kier molecular flexibility index (Phi) is 6.69. The van der Waals surface area contributed by atoms with Crippen molar-refractivity contribution in [3.05, 3.63) is 52.8 Å². The van der Waals surface area contributed by atoms with Gasteiger partial charge in [-0.3, -0.25) is 4.90 Å². The number of halogens is 1. The Labute approximate surface area is 274 Å². The number of likely N-dealkylation sites (tertiary alicyclic amines) is 1. The highest BCUT2D eigenvalue weighted by Gasteiger charge is 2.49. The minimum absolute atomic E-state index is 0.0504. The van der Waals surface area contributed by atoms with Gasteiger partial charge in [-0.2, -0.15) is 9.97 Å². The molecule has 2 unspecified atom stereocenters. The van der Waals surface area contributed by atoms with E-state index in [1.54, 1.807) is 12.1 Å². The molecule has 0 spiro atoms. The minimum Gasteiger partial charge on any atom is -0.508 e. The number of terminal acetylenes is 1. The third-order valence-electron chi connectivity index (χ3n) is 11.3. The number of benzene rings is 3. The number of aromatic nitrogens is 2. The van der Waals surface area contributed by atoms with E-state index in [-0.39, 0.29) is 22.7 Å². The van der Waals surface area contributed by atoms with Crippen molar-refractivity contribution >= 4 is 27.5 Å². The molecule has 0 radical (unpaired) electrons. The second kappa shape index (κ2) is 10.8. The smallest absolute Gasteiger partial charge is 0.319 e. The normalized spacial score (nSPS) is 26.0. The van der Waals surface area contributed by atoms with Crippen molar-refractivity contribution in [2.45, 2.75) is 70.2 Å². The Morgan fingerprint density at radius 1 is 1.11 bits per heavy atom. The number of nitrogens with zero attached hydrogens (tertiary/aromatic N) is 4. The molecule has 4 aromatic rings. The maximum absolute atomic E-state index is 17.2. The molecule has 5 heterocycles. The van der Waals surface area contributed by atoms with Gasteiger partial charge in [0, 0.05) is 71.6 Å². The number of phenolic OH excluding ortho intramolecular Hbond substituents is 1. The number of phenols is 1. The maximum Gasteiger partial charge on any atom is 0.319 e. The number of anilines is 1. The van der Waals surface area contributed by atoms with Crippen LogP contribution < -0.4 is 15.0 Å². The molecule has 8 nitrogen and oxygen atoms in total. The summed E-state index contributed by atoms with van der Waals surface area (Å²) in [5.41, 5.74) is 3.55. The van der Waals surface area contributed by atoms with Gasteiger partial charge in [0.1, 0.15) is 17.1 Å². The number of fused-ring (bicyclic) bond motifs is 6. The highest BCUT2D eigenvalue weighted by molar-refractivity contribution is 6.05. The summed E-state index contributed by atoms with van der Waals surface area (Å²) in [5.74, 6) is 3.13. The molecule has 4 aliphatic heterocycles. The molecule has 5 fully saturated rings. The van der Waals surface area contributed by atoms with E-state index in [2.05, 4.69) is 21.0 Å². The SMILES string of the molecule is C#Cc1c(C)ccc2cc(O)cc(-c3c(C)cc4c(N5CC6CCC(C5)N6)nc(OCC5(CN6C[C@@H]7C[C@H]6CO7)CC5)nc4c3F)c12. The number of hydrogen-bond acceptors (Lipinski definition) is 8. The second-order valence-electron chi connectivity index (χ2n) is 14.7. The van der Waals surface area contributed by atoms with Crippen LogP contribution in [0.5, 0.6) is 11.8 Å². The van der Waals surface area contributed by atoms with Crippen LogP contribution in [0.15, 0.2) is 30.3 Å². The summed E-state index contributed by atoms with van der Waals surface area (Å²) in [5, 5.41) is 16.6. The Bertz CT molecular complexity index is 1970. The second-order valence-corrected chi connectivity index (χ2v) is 14.7. The summed E-state index contributed by atoms with van der Waals surface area (Å²) >= 11 is 0. The molecule has 9 rings (SSSR count). The van der Waals surface area contributed by atoms with E-state index in [1.165, 1.54) is 0 Å². The van der Waals surface area contributed by atoms with Gasteiger partial charge < -0.3 is 24.8 Å². The molecule has 0 amide bonds. The van der Waals surface area contributed by atoms with Crippen LogP contribution in [0.4, 0.5) is 10.2 Å². The highest BCUT2D eigenvalue weighted by Crippen LogP contribution is 2.48. The molecule has 47 heavy (non-hydrogen) atoms. The Hall–Kier alpha value is -3.97. The Morgan fingerprint density at radius 2 is 1.91 bits per heavy atom. The van der Waals surface area contributed by atoms with Crippen LogP contribution in [0, 0.1) is 37.4 Å². The fourth-order valence-corrected chi connectivity index (χ4v) is 8.71. The Balaban J connectivity index is 1.15. The van der Waals surface area contributed by atoms with Crippen LogP contribution in [0.25, 0.3) is 32.8 Å². The van der Waals surface area contributed by atoms with Crippen LogP contribution in [0.3, 0.4) is 0 Å². The summed E-state index contributed by atoms with van der Waals surface area (Å²) in [6.07, 6.45) is 11.9. The van der Waals surface area contributed by atoms with Crippen molar-refractivity contribution in [3.8, 4) is 35.2 Å². The predicted molar refractivity (Wildman–Crippen MR) is 181 cm³/mol. The van der Waals surface area contributed by atoms with Gasteiger partial charge in [-0.25, -0.2) is 4.39 Å². The zero-order chi connectivity index (χ0) is 32.0. The van der Waals surface area contributed by atoms with Crippen LogP contribution in [-0.4, -0.2) is 83.6 Å². The quantitative estimate of drug-likeness (QED) is 0.260. The molecular weight excluding hydrogens is 593 g/mol. The number of morpholine rings is 1. The van der Waals surface area contributed by atoms with Gasteiger partial charge in [-0.1, -0.05) is 18.1 Å². The van der Waals surface area contributed by atoms with Gasteiger partial charge in [-0.15, -0.1) is 6.42 Å². The largest absolute Gasteiger partial charge is 0.508 e. The first kappa shape index (κ1) is 29.2. The lowest BCUT2D eigenvalue weighted by Gasteiger charge is -2.34. The number of ether oxygens (including phenoxy) is 2. The molecule has 4 saturated heterocycles. The van der Waals surface area contributed by atoms with Crippen molar-refractivity contribution in [2.24, 2.45) is 5.41 Å². The first-order valence-electron chi connectivity index (χ1n) is 17.0. The summed E-state index contributed by atoms with van der Waals surface area (Å²) < 4.78 is 29.5. The third-order valence-corrected chi connectivity index (χ3v) is 11.3. The molecule has 1 aliphatic carbocycles. The van der Waals surface area contributed by atoms with Crippen molar-refractivity contribution in [1.82, 2.24) is 20.2 Å². The lowest BCUT2D eigenvalue weighted by Crippen LogP contribution is -2.51. The molecule has 3 aromatic carbocycles. The molecule has 242 valence electrons. The van der Waals surface area contributed by atoms with E-state index < -0.39 is 5.82 Å². The van der Waals surface area contributed by atoms with Gasteiger partial charge in [0.25, 0.3) is 0 Å². The zero-order valence-corrected chi connectivity index (χ0v) is 27.0. The fraction of sp³-hybridized carbons (Fsp3) is 0.474. The van der Waals surface area contributed by atoms with Gasteiger partial charge >= 0.3 is 6.01 Å². The molecule has 5 aliphatic rings. The summed E-state index contributed by atoms with van der Waals surface area (Å²) in [7, 11) is 0. The van der Waals surface area contributed by atoms with Crippen LogP contribution >= 0.6 is 0 Å². The van der Waals surface area contributed by atoms with Crippen LogP contribution in [0.2, 0.25) is 0 Å². The Morgan fingerprint density at radius 3 is 2.62 bits per heavy atom. The van der Waals surface area contributed by atoms with Gasteiger partial charge in [0.2, 0.25) is 0 Å². The predicted octanol–water partition coefficient (Wildman–Crippen LogP) is 5.47. The third kappa shape index (κ3) is 4.92. The number of aryl methyl sites for hydroxylation is 2. The van der Waals surface area contributed by atoms with Crippen molar-refractivity contribution < 1.29 is 19.0 Å². The average Bonchev–Trinajstić information content (AvgIpc) is 3.32. The summed E-state index contributed by atoms with van der Waals surface area (Å²) in [6, 6.07) is 10.6. The molecule has 4 atom stereocenters. The lowest BCUT2D eigenvalue weighted by molar-refractivity contribution is 0.0176. The molecule has 1 saturated carbocycles. The monoisotopic (exact) mass is 633 g/mol. The first-order chi connectivity index (χ1) is 22.8. The zero-order valence-electron chi connectivity index (χ0n) is 27.0. The first-order valence-corrected chi connectivity index (χ1v) is 17.0. The fourth-order valence-electron chi connectivity index (χ4n) is 8.71. The molecule has 4 bridgehead atoms. The number of hydrogen-bond donors (Lipinski definition) is 2. The number of rotatable bonds is 7. The van der Waals surface area contributed by atoms with Gasteiger partial charge in [0.15, 0.2) is 5.82 Å². The summed E-state index contributed by atoms with van der Waals surface area (Å²) in [6.45, 7) is 8.76. The van der Waals surface area contributed by atoms with E-state index in [0.717, 1.165) is 92.6 Å². The molecule has 9 heteroatoms. The van der Waals surface area contributed by atoms with Crippen molar-refractivity contribution in [3.63, 3.8) is 0 Å². The van der Waals surface area contributed by atoms with Crippen molar-refractivity contribution in [2.75, 3.05) is 44.3 Å². The number of piperazine rings is 1. The lowest BCUT2D eigenvalue weighted by atomic mass is 9.89. The number of aromatic hydroxyl groups is 1. The molecule has 1 aromatic heterocycles. The van der Waals surface area contributed by atoms with Crippen LogP contribution in [0.1, 0.15) is 48.8 Å². The van der Waals surface area contributed by atoms with Crippen LogP contribution in [-0.2, 0) is 4.74 Å². The minimum atomic E-state index is -0.461. The maximum atomic E-state index is 17.2. The van der Waals surface area contributed by atoms with Crippen molar-refractivity contribution in [1.29, 1.82) is 0 Å². The van der Waals surface area contributed by atoms with E-state index in [9.17, 15) is 5.11 Å². The van der Waals surface area contributed by atoms with Gasteiger partial charge in [-0.05, 0) is 86.2 Å². The topological polar surface area (TPSA) is 83.0 Å². The number of nitrogens with one attached hydrogen (secondary N) is 1. The average molecular weight is 634 g/mol. The molecule has 2 N–H and O–H groups in total. The van der Waals surface area contributed by atoms with E-state index in [0.29, 0.717) is 52.9 Å².